The number of phenolic OH excluding ortho intramolecular Hbond substituents is 1. The highest BCUT2D eigenvalue weighted by Gasteiger charge is 2.56. The molecule has 1 saturated heterocycles. The summed E-state index contributed by atoms with van der Waals surface area (Å²) in [6.45, 7) is 1.56. The lowest BCUT2D eigenvalue weighted by Crippen LogP contribution is -2.49. The van der Waals surface area contributed by atoms with Crippen LogP contribution in [0.15, 0.2) is 48.5 Å². The number of carbonyl (C=O) groups is 1. The van der Waals surface area contributed by atoms with Crippen LogP contribution >= 0.6 is 0 Å². The molecule has 32 heavy (non-hydrogen) atoms. The second kappa shape index (κ2) is 7.38. The monoisotopic (exact) mass is 431 g/mol. The van der Waals surface area contributed by atoms with Gasteiger partial charge in [-0.1, -0.05) is 18.2 Å². The predicted octanol–water partition coefficient (Wildman–Crippen LogP) is 5.59. The summed E-state index contributed by atoms with van der Waals surface area (Å²) in [7, 11) is 0. The van der Waals surface area contributed by atoms with Gasteiger partial charge in [-0.3, -0.25) is 4.79 Å². The zero-order chi connectivity index (χ0) is 21.9. The van der Waals surface area contributed by atoms with Crippen LogP contribution in [0.5, 0.6) is 5.75 Å². The Morgan fingerprint density at radius 3 is 2.38 bits per heavy atom. The van der Waals surface area contributed by atoms with E-state index in [2.05, 4.69) is 28.8 Å². The predicted molar refractivity (Wildman–Crippen MR) is 123 cm³/mol. The van der Waals surface area contributed by atoms with Crippen molar-refractivity contribution in [3.05, 3.63) is 59.8 Å². The van der Waals surface area contributed by atoms with Crippen molar-refractivity contribution >= 4 is 16.9 Å². The highest BCUT2D eigenvalue weighted by Crippen LogP contribution is 2.65. The van der Waals surface area contributed by atoms with E-state index in [0.29, 0.717) is 17.6 Å². The Balaban J connectivity index is 1.48. The fourth-order valence-electron chi connectivity index (χ4n) is 6.66. The molecule has 5 nitrogen and oxygen atoms in total. The van der Waals surface area contributed by atoms with E-state index in [1.807, 2.05) is 18.2 Å². The Labute approximate surface area is 187 Å². The zero-order valence-corrected chi connectivity index (χ0v) is 18.2. The van der Waals surface area contributed by atoms with E-state index in [1.165, 1.54) is 11.3 Å². The second-order valence-electron chi connectivity index (χ2n) is 10.1. The van der Waals surface area contributed by atoms with Crippen molar-refractivity contribution < 1.29 is 19.7 Å². The number of carboxylic acid groups (broad SMARTS) is 1. The van der Waals surface area contributed by atoms with E-state index >= 15 is 0 Å². The van der Waals surface area contributed by atoms with Crippen LogP contribution in [0.25, 0.3) is 16.6 Å². The van der Waals surface area contributed by atoms with E-state index < -0.39 is 5.97 Å². The number of fused-ring (bicyclic) bond motifs is 1. The van der Waals surface area contributed by atoms with Gasteiger partial charge in [-0.15, -0.1) is 0 Å². The van der Waals surface area contributed by atoms with Crippen LogP contribution < -0.4 is 0 Å². The van der Waals surface area contributed by atoms with Crippen molar-refractivity contribution in [3.63, 3.8) is 0 Å². The summed E-state index contributed by atoms with van der Waals surface area (Å²) >= 11 is 0. The number of para-hydroxylation sites is 1. The first-order valence-electron chi connectivity index (χ1n) is 11.8. The summed E-state index contributed by atoms with van der Waals surface area (Å²) in [5, 5.41) is 20.9. The van der Waals surface area contributed by atoms with Crippen LogP contribution in [0.4, 0.5) is 0 Å². The van der Waals surface area contributed by atoms with Gasteiger partial charge in [0.15, 0.2) is 0 Å². The number of phenols is 1. The number of aliphatic carboxylic acids is 1. The molecule has 2 saturated carbocycles. The van der Waals surface area contributed by atoms with E-state index in [9.17, 15) is 15.0 Å². The first kappa shape index (κ1) is 19.9. The van der Waals surface area contributed by atoms with Crippen LogP contribution in [0.2, 0.25) is 0 Å². The van der Waals surface area contributed by atoms with Gasteiger partial charge in [0.2, 0.25) is 0 Å². The van der Waals surface area contributed by atoms with E-state index in [4.69, 9.17) is 4.74 Å². The van der Waals surface area contributed by atoms with Gasteiger partial charge in [-0.2, -0.15) is 0 Å². The molecule has 3 aromatic rings. The lowest BCUT2D eigenvalue weighted by atomic mass is 9.47. The van der Waals surface area contributed by atoms with Gasteiger partial charge in [-0.05, 0) is 85.8 Å². The Hall–Kier alpha value is -2.79. The number of hydrogen-bond donors (Lipinski definition) is 2. The fraction of sp³-hybridized carbons (Fsp3) is 0.444. The molecule has 0 bridgehead atoms. The molecular formula is C27H29NO4. The third-order valence-corrected chi connectivity index (χ3v) is 8.13. The van der Waals surface area contributed by atoms with Crippen LogP contribution in [-0.4, -0.2) is 34.0 Å². The highest BCUT2D eigenvalue weighted by molar-refractivity contribution is 5.89. The number of nitrogens with zero attached hydrogens (tertiary/aromatic N) is 1. The third-order valence-electron chi connectivity index (χ3n) is 8.13. The topological polar surface area (TPSA) is 71.7 Å². The standard InChI is InChI=1S/C27H29NO4/c29-21-6-7-23-22(12-21)24(18-13-27(14-18)15-19(16-27)26(30)31)25(17-8-10-32-11-9-17)28(23)20-4-2-1-3-5-20/h1-7,12,17-19,29H,8-11,13-16H2,(H,30,31). The smallest absolute Gasteiger partial charge is 0.306 e. The number of benzene rings is 2. The molecule has 2 heterocycles. The lowest BCUT2D eigenvalue weighted by molar-refractivity contribution is -0.155. The molecular weight excluding hydrogens is 402 g/mol. The minimum atomic E-state index is -0.646. The maximum Gasteiger partial charge on any atom is 0.306 e. The van der Waals surface area contributed by atoms with Crippen LogP contribution in [0, 0.1) is 11.3 Å². The first-order valence-corrected chi connectivity index (χ1v) is 11.8. The Morgan fingerprint density at radius 1 is 0.969 bits per heavy atom. The van der Waals surface area contributed by atoms with E-state index in [0.717, 1.165) is 68.3 Å². The quantitative estimate of drug-likeness (QED) is 0.565. The maximum atomic E-state index is 11.4. The molecule has 2 aliphatic carbocycles. The second-order valence-corrected chi connectivity index (χ2v) is 10.1. The number of ether oxygens (including phenoxy) is 1. The van der Waals surface area contributed by atoms with Crippen LogP contribution in [0.3, 0.4) is 0 Å². The number of aromatic nitrogens is 1. The van der Waals surface area contributed by atoms with Gasteiger partial charge >= 0.3 is 5.97 Å². The number of hydrogen-bond acceptors (Lipinski definition) is 3. The van der Waals surface area contributed by atoms with Crippen LogP contribution in [-0.2, 0) is 9.53 Å². The molecule has 1 aromatic heterocycles. The Bertz CT molecular complexity index is 1160. The minimum absolute atomic E-state index is 0.166. The molecule has 166 valence electrons. The molecule has 1 aliphatic heterocycles. The van der Waals surface area contributed by atoms with Gasteiger partial charge in [0, 0.05) is 35.9 Å². The van der Waals surface area contributed by atoms with Crippen molar-refractivity contribution in [1.29, 1.82) is 0 Å². The van der Waals surface area contributed by atoms with Gasteiger partial charge < -0.3 is 19.5 Å². The molecule has 6 rings (SSSR count). The van der Waals surface area contributed by atoms with E-state index in [-0.39, 0.29) is 11.3 Å². The number of aromatic hydroxyl groups is 1. The fourth-order valence-corrected chi connectivity index (χ4v) is 6.66. The van der Waals surface area contributed by atoms with Gasteiger partial charge in [0.1, 0.15) is 5.75 Å². The molecule has 0 unspecified atom stereocenters. The molecule has 0 radical (unpaired) electrons. The van der Waals surface area contributed by atoms with Crippen molar-refractivity contribution in [2.45, 2.75) is 50.4 Å². The molecule has 2 N–H and O–H groups in total. The molecule has 3 fully saturated rings. The highest BCUT2D eigenvalue weighted by atomic mass is 16.5. The summed E-state index contributed by atoms with van der Waals surface area (Å²) in [6.07, 6.45) is 5.73. The normalized spacial score (nSPS) is 27.9. The van der Waals surface area contributed by atoms with Gasteiger partial charge in [-0.25, -0.2) is 0 Å². The Morgan fingerprint density at radius 2 is 1.69 bits per heavy atom. The number of rotatable bonds is 4. The van der Waals surface area contributed by atoms with E-state index in [1.54, 1.807) is 6.07 Å². The van der Waals surface area contributed by atoms with Crippen molar-refractivity contribution in [2.75, 3.05) is 13.2 Å². The van der Waals surface area contributed by atoms with Crippen LogP contribution in [0.1, 0.15) is 61.6 Å². The SMILES string of the molecule is O=C(O)C1CC2(C1)CC(c1c(C3CCOCC3)n(-c3ccccc3)c3ccc(O)cc13)C2. The Kier molecular flexibility index (Phi) is 4.58. The molecule has 0 amide bonds. The summed E-state index contributed by atoms with van der Waals surface area (Å²) in [4.78, 5) is 11.4. The average Bonchev–Trinajstić information content (AvgIpc) is 3.07. The summed E-state index contributed by atoms with van der Waals surface area (Å²) < 4.78 is 8.10. The van der Waals surface area contributed by atoms with Gasteiger partial charge in [0.05, 0.1) is 11.4 Å². The summed E-state index contributed by atoms with van der Waals surface area (Å²) in [5.41, 5.74) is 5.24. The van der Waals surface area contributed by atoms with Crippen molar-refractivity contribution in [2.24, 2.45) is 11.3 Å². The van der Waals surface area contributed by atoms with Crippen molar-refractivity contribution in [3.8, 4) is 11.4 Å². The third kappa shape index (κ3) is 3.06. The summed E-state index contributed by atoms with van der Waals surface area (Å²) in [6, 6.07) is 16.3. The average molecular weight is 432 g/mol. The molecule has 0 atom stereocenters. The first-order chi connectivity index (χ1) is 15.5. The van der Waals surface area contributed by atoms with Gasteiger partial charge in [0.25, 0.3) is 0 Å². The van der Waals surface area contributed by atoms with Crippen molar-refractivity contribution in [1.82, 2.24) is 4.57 Å². The summed E-state index contributed by atoms with van der Waals surface area (Å²) in [5.74, 6) is 0.314. The zero-order valence-electron chi connectivity index (χ0n) is 18.2. The molecule has 5 heteroatoms. The minimum Gasteiger partial charge on any atom is -0.508 e. The maximum absolute atomic E-state index is 11.4. The molecule has 2 aromatic carbocycles. The number of carboxylic acids is 1. The largest absolute Gasteiger partial charge is 0.508 e. The molecule has 1 spiro atoms. The molecule has 3 aliphatic rings. The lowest BCUT2D eigenvalue weighted by Gasteiger charge is -2.57.